The van der Waals surface area contributed by atoms with Gasteiger partial charge in [0, 0.05) is 31.1 Å². The van der Waals surface area contributed by atoms with Crippen LogP contribution in [0.3, 0.4) is 0 Å². The molecular formula is C32H27N3O5S. The molecule has 206 valence electrons. The Hall–Kier alpha value is -4.52. The van der Waals surface area contributed by atoms with Crippen molar-refractivity contribution in [2.45, 2.75) is 12.8 Å². The van der Waals surface area contributed by atoms with E-state index in [-0.39, 0.29) is 13.2 Å². The van der Waals surface area contributed by atoms with E-state index in [0.717, 1.165) is 16.3 Å². The van der Waals surface area contributed by atoms with Crippen molar-refractivity contribution in [1.29, 1.82) is 5.26 Å². The van der Waals surface area contributed by atoms with Crippen molar-refractivity contribution in [3.8, 4) is 6.07 Å². The van der Waals surface area contributed by atoms with Gasteiger partial charge in [-0.3, -0.25) is 14.5 Å². The van der Waals surface area contributed by atoms with Gasteiger partial charge in [-0.05, 0) is 35.4 Å². The van der Waals surface area contributed by atoms with Crippen LogP contribution in [0, 0.1) is 11.3 Å². The quantitative estimate of drug-likeness (QED) is 0.224. The molecule has 1 atom stereocenters. The maximum absolute atomic E-state index is 13.5. The average Bonchev–Trinajstić information content (AvgIpc) is 3.51. The van der Waals surface area contributed by atoms with Crippen LogP contribution in [0.5, 0.6) is 0 Å². The van der Waals surface area contributed by atoms with Crippen molar-refractivity contribution in [3.63, 3.8) is 0 Å². The molecule has 0 saturated carbocycles. The number of hydrogen-bond acceptors (Lipinski definition) is 8. The number of hydrogen-bond donors (Lipinski definition) is 0. The predicted molar refractivity (Wildman–Crippen MR) is 156 cm³/mol. The van der Waals surface area contributed by atoms with Crippen LogP contribution in [-0.4, -0.2) is 62.1 Å². The standard InChI is InChI=1S/C32H27N3O5S/c1-2-40-32(38)28-27(25(18-33)31(41-28)34-13-15-39-16-14-34)26(22-12-11-20-7-3-4-8-21(20)17-22)19-35-29(36)23-9-5-6-10-24(23)30(35)37/h3-12,17,26H,2,13-16,19H2,1H3. The minimum absolute atomic E-state index is 0.0367. The lowest BCUT2D eigenvalue weighted by Crippen LogP contribution is -2.36. The number of carbonyl (C=O) groups excluding carboxylic acids is 3. The fourth-order valence-corrected chi connectivity index (χ4v) is 6.84. The van der Waals surface area contributed by atoms with Crippen LogP contribution in [0.25, 0.3) is 10.8 Å². The largest absolute Gasteiger partial charge is 0.462 e. The number of thiophene rings is 1. The summed E-state index contributed by atoms with van der Waals surface area (Å²) < 4.78 is 11.0. The Labute approximate surface area is 241 Å². The van der Waals surface area contributed by atoms with E-state index >= 15 is 0 Å². The molecule has 9 heteroatoms. The number of benzene rings is 3. The molecule has 1 aromatic heterocycles. The maximum Gasteiger partial charge on any atom is 0.348 e. The number of nitriles is 1. The number of morpholine rings is 1. The molecule has 3 heterocycles. The van der Waals surface area contributed by atoms with Crippen LogP contribution >= 0.6 is 11.3 Å². The maximum atomic E-state index is 13.5. The molecule has 1 unspecified atom stereocenters. The highest BCUT2D eigenvalue weighted by Crippen LogP contribution is 2.44. The molecule has 1 fully saturated rings. The zero-order chi connectivity index (χ0) is 28.5. The van der Waals surface area contributed by atoms with Gasteiger partial charge in [-0.1, -0.05) is 54.6 Å². The Morgan fingerprint density at radius 2 is 1.66 bits per heavy atom. The van der Waals surface area contributed by atoms with Gasteiger partial charge < -0.3 is 14.4 Å². The Morgan fingerprint density at radius 3 is 2.32 bits per heavy atom. The lowest BCUT2D eigenvalue weighted by Gasteiger charge is -2.28. The van der Waals surface area contributed by atoms with E-state index in [2.05, 4.69) is 11.0 Å². The van der Waals surface area contributed by atoms with E-state index in [9.17, 15) is 19.6 Å². The molecule has 2 aliphatic heterocycles. The topological polar surface area (TPSA) is 99.9 Å². The highest BCUT2D eigenvalue weighted by atomic mass is 32.1. The number of nitrogens with zero attached hydrogens (tertiary/aromatic N) is 3. The van der Waals surface area contributed by atoms with Gasteiger partial charge in [0.25, 0.3) is 11.8 Å². The van der Waals surface area contributed by atoms with E-state index in [1.807, 2.05) is 42.5 Å². The SMILES string of the molecule is CCOC(=O)c1sc(N2CCOCC2)c(C#N)c1C(CN1C(=O)c2ccccc2C1=O)c1ccc2ccccc2c1. The monoisotopic (exact) mass is 565 g/mol. The fourth-order valence-electron chi connectivity index (χ4n) is 5.58. The minimum Gasteiger partial charge on any atom is -0.462 e. The molecule has 6 rings (SSSR count). The van der Waals surface area contributed by atoms with Crippen LogP contribution in [0.15, 0.2) is 66.7 Å². The highest BCUT2D eigenvalue weighted by Gasteiger charge is 2.40. The summed E-state index contributed by atoms with van der Waals surface area (Å²) in [6.07, 6.45) is 0. The lowest BCUT2D eigenvalue weighted by molar-refractivity contribution is 0.0530. The first-order valence-corrected chi connectivity index (χ1v) is 14.3. The molecular weight excluding hydrogens is 538 g/mol. The number of amides is 2. The fraction of sp³-hybridized carbons (Fsp3) is 0.250. The summed E-state index contributed by atoms with van der Waals surface area (Å²) in [5.74, 6) is -1.97. The highest BCUT2D eigenvalue weighted by molar-refractivity contribution is 7.18. The van der Waals surface area contributed by atoms with Crippen molar-refractivity contribution < 1.29 is 23.9 Å². The third kappa shape index (κ3) is 4.75. The van der Waals surface area contributed by atoms with Crippen molar-refractivity contribution in [2.75, 3.05) is 44.4 Å². The number of imide groups is 1. The molecule has 41 heavy (non-hydrogen) atoms. The first-order valence-electron chi connectivity index (χ1n) is 13.5. The number of anilines is 1. The summed E-state index contributed by atoms with van der Waals surface area (Å²) in [5, 5.41) is 13.2. The predicted octanol–water partition coefficient (Wildman–Crippen LogP) is 5.21. The van der Waals surface area contributed by atoms with Crippen molar-refractivity contribution >= 4 is 44.9 Å². The van der Waals surface area contributed by atoms with E-state index in [0.29, 0.717) is 58.4 Å². The van der Waals surface area contributed by atoms with E-state index in [4.69, 9.17) is 9.47 Å². The van der Waals surface area contributed by atoms with Crippen LogP contribution in [0.2, 0.25) is 0 Å². The first-order chi connectivity index (χ1) is 20.0. The van der Waals surface area contributed by atoms with Gasteiger partial charge in [0.2, 0.25) is 0 Å². The Morgan fingerprint density at radius 1 is 1.00 bits per heavy atom. The second kappa shape index (κ2) is 11.2. The van der Waals surface area contributed by atoms with Gasteiger partial charge in [-0.2, -0.15) is 5.26 Å². The molecule has 0 radical (unpaired) electrons. The van der Waals surface area contributed by atoms with Crippen LogP contribution in [0.1, 0.15) is 59.9 Å². The second-order valence-corrected chi connectivity index (χ2v) is 10.9. The summed E-state index contributed by atoms with van der Waals surface area (Å²) in [4.78, 5) is 43.9. The van der Waals surface area contributed by atoms with Crippen LogP contribution < -0.4 is 4.90 Å². The minimum atomic E-state index is -0.651. The molecule has 2 amide bonds. The Balaban J connectivity index is 1.54. The molecule has 2 aliphatic rings. The van der Waals surface area contributed by atoms with E-state index in [1.54, 1.807) is 31.2 Å². The molecule has 3 aromatic carbocycles. The average molecular weight is 566 g/mol. The first kappa shape index (κ1) is 26.7. The number of fused-ring (bicyclic) bond motifs is 2. The third-order valence-corrected chi connectivity index (χ3v) is 8.81. The molecule has 0 N–H and O–H groups in total. The van der Waals surface area contributed by atoms with Crippen molar-refractivity contribution in [1.82, 2.24) is 4.90 Å². The van der Waals surface area contributed by atoms with Gasteiger partial charge in [0.15, 0.2) is 0 Å². The second-order valence-electron chi connectivity index (χ2n) is 9.88. The Kier molecular flexibility index (Phi) is 7.26. The molecule has 4 aromatic rings. The van der Waals surface area contributed by atoms with Crippen molar-refractivity contribution in [2.24, 2.45) is 0 Å². The number of ether oxygens (including phenoxy) is 2. The summed E-state index contributed by atoms with van der Waals surface area (Å²) >= 11 is 1.22. The third-order valence-electron chi connectivity index (χ3n) is 7.57. The molecule has 8 nitrogen and oxygen atoms in total. The zero-order valence-electron chi connectivity index (χ0n) is 22.5. The van der Waals surface area contributed by atoms with Gasteiger partial charge in [0.05, 0.1) is 36.5 Å². The van der Waals surface area contributed by atoms with Gasteiger partial charge in [-0.25, -0.2) is 4.79 Å². The summed E-state index contributed by atoms with van der Waals surface area (Å²) in [6.45, 7) is 4.05. The van der Waals surface area contributed by atoms with E-state index in [1.165, 1.54) is 16.2 Å². The molecule has 0 bridgehead atoms. The molecule has 1 saturated heterocycles. The summed E-state index contributed by atoms with van der Waals surface area (Å²) in [6, 6.07) is 22.9. The molecule has 0 spiro atoms. The lowest BCUT2D eigenvalue weighted by atomic mass is 9.87. The summed E-state index contributed by atoms with van der Waals surface area (Å²) in [5.41, 5.74) is 2.31. The Bertz CT molecular complexity index is 1680. The van der Waals surface area contributed by atoms with Gasteiger partial charge >= 0.3 is 5.97 Å². The smallest absolute Gasteiger partial charge is 0.348 e. The zero-order valence-corrected chi connectivity index (χ0v) is 23.3. The van der Waals surface area contributed by atoms with Crippen LogP contribution in [-0.2, 0) is 9.47 Å². The summed E-state index contributed by atoms with van der Waals surface area (Å²) in [7, 11) is 0. The number of carbonyl (C=O) groups is 3. The van der Waals surface area contributed by atoms with Gasteiger partial charge in [0.1, 0.15) is 15.9 Å². The van der Waals surface area contributed by atoms with Crippen LogP contribution in [0.4, 0.5) is 5.00 Å². The normalized spacial score (nSPS) is 15.6. The van der Waals surface area contributed by atoms with Gasteiger partial charge in [-0.15, -0.1) is 11.3 Å². The van der Waals surface area contributed by atoms with Crippen molar-refractivity contribution in [3.05, 3.63) is 99.4 Å². The molecule has 0 aliphatic carbocycles. The van der Waals surface area contributed by atoms with E-state index < -0.39 is 23.7 Å². The number of rotatable bonds is 7. The number of esters is 1.